The zero-order chi connectivity index (χ0) is 13.3. The van der Waals surface area contributed by atoms with Gasteiger partial charge in [-0.3, -0.25) is 4.90 Å². The fraction of sp³-hybridized carbons (Fsp3) is 0.636. The molecule has 7 heteroatoms. The van der Waals surface area contributed by atoms with Crippen molar-refractivity contribution in [2.75, 3.05) is 26.2 Å². The highest BCUT2D eigenvalue weighted by Gasteiger charge is 2.31. The molecule has 0 aromatic carbocycles. The first kappa shape index (κ1) is 14.5. The summed E-state index contributed by atoms with van der Waals surface area (Å²) in [6.07, 6.45) is 0. The van der Waals surface area contributed by atoms with Crippen LogP contribution in [0.2, 0.25) is 0 Å². The average molecular weight is 353 g/mol. The molecule has 0 spiro atoms. The summed E-state index contributed by atoms with van der Waals surface area (Å²) in [5, 5.41) is 1.79. The van der Waals surface area contributed by atoms with Crippen molar-refractivity contribution >= 4 is 37.3 Å². The minimum Gasteiger partial charge on any atom is -0.298 e. The fourth-order valence-electron chi connectivity index (χ4n) is 2.04. The number of nitrogens with zero attached hydrogens (tertiary/aromatic N) is 2. The van der Waals surface area contributed by atoms with Gasteiger partial charge in [-0.1, -0.05) is 0 Å². The summed E-state index contributed by atoms with van der Waals surface area (Å²) in [6, 6.07) is 2.25. The monoisotopic (exact) mass is 352 g/mol. The summed E-state index contributed by atoms with van der Waals surface area (Å²) >= 11 is 4.57. The number of rotatable bonds is 3. The van der Waals surface area contributed by atoms with Crippen molar-refractivity contribution < 1.29 is 8.42 Å². The SMILES string of the molecule is CC(C)N1CCN(S(=O)(=O)c2sccc2Br)CC1. The molecule has 2 rings (SSSR count). The van der Waals surface area contributed by atoms with Crippen molar-refractivity contribution in [2.45, 2.75) is 24.1 Å². The molecule has 1 saturated heterocycles. The molecule has 4 nitrogen and oxygen atoms in total. The second-order valence-electron chi connectivity index (χ2n) is 4.59. The van der Waals surface area contributed by atoms with Crippen molar-refractivity contribution in [3.63, 3.8) is 0 Å². The van der Waals surface area contributed by atoms with E-state index in [1.807, 2.05) is 0 Å². The van der Waals surface area contributed by atoms with Gasteiger partial charge in [0.05, 0.1) is 0 Å². The van der Waals surface area contributed by atoms with Crippen LogP contribution >= 0.6 is 27.3 Å². The summed E-state index contributed by atoms with van der Waals surface area (Å²) in [5.74, 6) is 0. The van der Waals surface area contributed by atoms with Gasteiger partial charge in [0.15, 0.2) is 0 Å². The largest absolute Gasteiger partial charge is 0.298 e. The third-order valence-electron chi connectivity index (χ3n) is 3.16. The molecule has 1 aromatic rings. The molecule has 0 bridgehead atoms. The fourth-order valence-corrected chi connectivity index (χ4v) is 5.91. The second kappa shape index (κ2) is 5.58. The molecule has 1 aliphatic rings. The molecular weight excluding hydrogens is 336 g/mol. The Hall–Kier alpha value is 0.0500. The summed E-state index contributed by atoms with van der Waals surface area (Å²) < 4.78 is 27.5. The molecule has 0 amide bonds. The first-order valence-corrected chi connectivity index (χ1v) is 9.01. The summed E-state index contributed by atoms with van der Waals surface area (Å²) in [7, 11) is -3.32. The third kappa shape index (κ3) is 2.80. The zero-order valence-electron chi connectivity index (χ0n) is 10.5. The van der Waals surface area contributed by atoms with Crippen LogP contribution in [0.25, 0.3) is 0 Å². The van der Waals surface area contributed by atoms with Gasteiger partial charge in [0.2, 0.25) is 0 Å². The van der Waals surface area contributed by atoms with E-state index in [2.05, 4.69) is 34.7 Å². The van der Waals surface area contributed by atoms with Gasteiger partial charge in [-0.25, -0.2) is 8.42 Å². The van der Waals surface area contributed by atoms with Crippen LogP contribution in [0.3, 0.4) is 0 Å². The first-order chi connectivity index (χ1) is 8.43. The number of hydrogen-bond acceptors (Lipinski definition) is 4. The molecule has 0 atom stereocenters. The lowest BCUT2D eigenvalue weighted by Gasteiger charge is -2.36. The molecule has 0 N–H and O–H groups in total. The van der Waals surface area contributed by atoms with Crippen molar-refractivity contribution in [3.8, 4) is 0 Å². The Kier molecular flexibility index (Phi) is 4.48. The standard InChI is InChI=1S/C11H17BrN2O2S2/c1-9(2)13-4-6-14(7-5-13)18(15,16)11-10(12)3-8-17-11/h3,8-9H,4-7H2,1-2H3. The van der Waals surface area contributed by atoms with E-state index in [-0.39, 0.29) is 0 Å². The smallest absolute Gasteiger partial charge is 0.253 e. The van der Waals surface area contributed by atoms with Crippen molar-refractivity contribution in [1.29, 1.82) is 0 Å². The minimum atomic E-state index is -3.32. The number of thiophene rings is 1. The minimum absolute atomic E-state index is 0.417. The molecule has 0 saturated carbocycles. The van der Waals surface area contributed by atoms with Gasteiger partial charge in [-0.2, -0.15) is 4.31 Å². The van der Waals surface area contributed by atoms with Crippen LogP contribution in [0.5, 0.6) is 0 Å². The molecule has 102 valence electrons. The molecule has 1 aromatic heterocycles. The van der Waals surface area contributed by atoms with E-state index in [1.165, 1.54) is 11.3 Å². The highest BCUT2D eigenvalue weighted by atomic mass is 79.9. The Morgan fingerprint density at radius 2 is 1.89 bits per heavy atom. The van der Waals surface area contributed by atoms with Crippen LogP contribution in [0.4, 0.5) is 0 Å². The highest BCUT2D eigenvalue weighted by Crippen LogP contribution is 2.30. The molecule has 1 aliphatic heterocycles. The van der Waals surface area contributed by atoms with Gasteiger partial charge in [0, 0.05) is 36.7 Å². The van der Waals surface area contributed by atoms with Crippen LogP contribution in [0, 0.1) is 0 Å². The van der Waals surface area contributed by atoms with E-state index in [1.54, 1.807) is 15.8 Å². The third-order valence-corrected chi connectivity index (χ3v) is 7.71. The van der Waals surface area contributed by atoms with Gasteiger partial charge in [-0.15, -0.1) is 11.3 Å². The van der Waals surface area contributed by atoms with Crippen LogP contribution in [-0.4, -0.2) is 49.8 Å². The van der Waals surface area contributed by atoms with E-state index >= 15 is 0 Å². The Labute approximate surface area is 121 Å². The number of sulfonamides is 1. The summed E-state index contributed by atoms with van der Waals surface area (Å²) in [4.78, 5) is 2.30. The van der Waals surface area contributed by atoms with Crippen LogP contribution < -0.4 is 0 Å². The molecular formula is C11H17BrN2O2S2. The van der Waals surface area contributed by atoms with Crippen molar-refractivity contribution in [1.82, 2.24) is 9.21 Å². The number of piperazine rings is 1. The van der Waals surface area contributed by atoms with Crippen LogP contribution in [-0.2, 0) is 10.0 Å². The van der Waals surface area contributed by atoms with Gasteiger partial charge < -0.3 is 0 Å². The summed E-state index contributed by atoms with van der Waals surface area (Å²) in [5.41, 5.74) is 0. The van der Waals surface area contributed by atoms with E-state index in [0.29, 0.717) is 27.8 Å². The molecule has 0 unspecified atom stereocenters. The number of halogens is 1. The topological polar surface area (TPSA) is 40.6 Å². The first-order valence-electron chi connectivity index (χ1n) is 5.90. The van der Waals surface area contributed by atoms with Gasteiger partial charge in [0.25, 0.3) is 10.0 Å². The maximum Gasteiger partial charge on any atom is 0.253 e. The van der Waals surface area contributed by atoms with Crippen LogP contribution in [0.1, 0.15) is 13.8 Å². The van der Waals surface area contributed by atoms with Crippen molar-refractivity contribution in [2.24, 2.45) is 0 Å². The quantitative estimate of drug-likeness (QED) is 0.837. The summed E-state index contributed by atoms with van der Waals surface area (Å²) in [6.45, 7) is 7.04. The van der Waals surface area contributed by atoms with Crippen molar-refractivity contribution in [3.05, 3.63) is 15.9 Å². The lowest BCUT2D eigenvalue weighted by atomic mass is 10.3. The van der Waals surface area contributed by atoms with E-state index in [9.17, 15) is 8.42 Å². The normalized spacial score (nSPS) is 19.6. The lowest BCUT2D eigenvalue weighted by molar-refractivity contribution is 0.154. The number of hydrogen-bond donors (Lipinski definition) is 0. The molecule has 1 fully saturated rings. The molecule has 18 heavy (non-hydrogen) atoms. The highest BCUT2D eigenvalue weighted by molar-refractivity contribution is 9.10. The van der Waals surface area contributed by atoms with Gasteiger partial charge in [0.1, 0.15) is 4.21 Å². The zero-order valence-corrected chi connectivity index (χ0v) is 13.7. The Bertz CT molecular complexity index is 505. The Balaban J connectivity index is 2.12. The second-order valence-corrected chi connectivity index (χ2v) is 8.49. The van der Waals surface area contributed by atoms with E-state index < -0.39 is 10.0 Å². The average Bonchev–Trinajstić information content (AvgIpc) is 2.76. The molecule has 2 heterocycles. The van der Waals surface area contributed by atoms with E-state index in [0.717, 1.165) is 13.1 Å². The molecule has 0 radical (unpaired) electrons. The maximum absolute atomic E-state index is 12.4. The van der Waals surface area contributed by atoms with Gasteiger partial charge >= 0.3 is 0 Å². The molecule has 0 aliphatic carbocycles. The predicted octanol–water partition coefficient (Wildman–Crippen LogP) is 2.23. The maximum atomic E-state index is 12.4. The van der Waals surface area contributed by atoms with Gasteiger partial charge in [-0.05, 0) is 41.2 Å². The Morgan fingerprint density at radius 3 is 2.33 bits per heavy atom. The lowest BCUT2D eigenvalue weighted by Crippen LogP contribution is -2.50. The van der Waals surface area contributed by atoms with E-state index in [4.69, 9.17) is 0 Å². The predicted molar refractivity (Wildman–Crippen MR) is 77.5 cm³/mol. The van der Waals surface area contributed by atoms with Crippen LogP contribution in [0.15, 0.2) is 20.1 Å². The Morgan fingerprint density at radius 1 is 1.28 bits per heavy atom.